The van der Waals surface area contributed by atoms with E-state index in [1.54, 1.807) is 0 Å². The predicted octanol–water partition coefficient (Wildman–Crippen LogP) is 13.3. The molecule has 0 atom stereocenters. The van der Waals surface area contributed by atoms with Gasteiger partial charge < -0.3 is 9.80 Å². The van der Waals surface area contributed by atoms with Crippen molar-refractivity contribution in [1.82, 2.24) is 0 Å². The van der Waals surface area contributed by atoms with E-state index < -0.39 is 0 Å². The molecule has 7 aromatic rings. The molecule has 0 saturated heterocycles. The normalized spacial score (nSPS) is 14.6. The van der Waals surface area contributed by atoms with Gasteiger partial charge in [-0.25, -0.2) is 0 Å². The second-order valence-corrected chi connectivity index (χ2v) is 20.7. The first-order chi connectivity index (χ1) is 28.1. The smallest absolute Gasteiger partial charge is 0.252 e. The minimum atomic E-state index is -0.0192. The van der Waals surface area contributed by atoms with Crippen LogP contribution in [0.3, 0.4) is 0 Å². The van der Waals surface area contributed by atoms with Gasteiger partial charge in [0.2, 0.25) is 0 Å². The van der Waals surface area contributed by atoms with Gasteiger partial charge in [-0.15, -0.1) is 0 Å². The number of benzene rings is 7. The van der Waals surface area contributed by atoms with Gasteiger partial charge in [0.05, 0.1) is 11.4 Å². The first-order valence-electron chi connectivity index (χ1n) is 21.8. The Morgan fingerprint density at radius 3 is 1.58 bits per heavy atom. The highest BCUT2D eigenvalue weighted by Crippen LogP contribution is 2.50. The number of anilines is 6. The summed E-state index contributed by atoms with van der Waals surface area (Å²) in [5.74, 6) is 0. The maximum absolute atomic E-state index is 2.65. The molecule has 0 aromatic heterocycles. The number of hydrogen-bond acceptors (Lipinski definition) is 2. The van der Waals surface area contributed by atoms with Crippen LogP contribution in [-0.2, 0) is 29.1 Å². The van der Waals surface area contributed by atoms with Gasteiger partial charge >= 0.3 is 0 Å². The van der Waals surface area contributed by atoms with Gasteiger partial charge in [-0.05, 0) is 146 Å². The summed E-state index contributed by atoms with van der Waals surface area (Å²) < 4.78 is 0. The topological polar surface area (TPSA) is 6.48 Å². The lowest BCUT2D eigenvalue weighted by atomic mass is 9.33. The molecule has 0 saturated carbocycles. The average Bonchev–Trinajstić information content (AvgIpc) is 3.20. The first kappa shape index (κ1) is 37.7. The first-order valence-corrected chi connectivity index (χ1v) is 21.8. The van der Waals surface area contributed by atoms with E-state index in [0.29, 0.717) is 0 Å². The molecule has 0 N–H and O–H groups in total. The summed E-state index contributed by atoms with van der Waals surface area (Å²) in [6, 6.07) is 49.9. The molecular weight excluding hydrogens is 711 g/mol. The molecule has 2 heterocycles. The third kappa shape index (κ3) is 6.06. The minimum Gasteiger partial charge on any atom is -0.311 e. The Morgan fingerprint density at radius 1 is 0.458 bits per heavy atom. The molecule has 2 aliphatic heterocycles. The molecule has 0 spiro atoms. The molecule has 0 unspecified atom stereocenters. The molecule has 0 radical (unpaired) electrons. The van der Waals surface area contributed by atoms with E-state index in [1.165, 1.54) is 112 Å². The van der Waals surface area contributed by atoms with Crippen molar-refractivity contribution >= 4 is 68.0 Å². The quantitative estimate of drug-likeness (QED) is 0.165. The van der Waals surface area contributed by atoms with Crippen LogP contribution in [0.15, 0.2) is 127 Å². The summed E-state index contributed by atoms with van der Waals surface area (Å²) in [6.07, 6.45) is 3.49. The predicted molar refractivity (Wildman–Crippen MR) is 256 cm³/mol. The van der Waals surface area contributed by atoms with E-state index in [2.05, 4.69) is 206 Å². The van der Waals surface area contributed by atoms with Gasteiger partial charge in [-0.3, -0.25) is 0 Å². The van der Waals surface area contributed by atoms with Crippen molar-refractivity contribution < 1.29 is 0 Å². The van der Waals surface area contributed by atoms with Gasteiger partial charge in [-0.1, -0.05) is 147 Å². The number of fused-ring (bicyclic) bond motifs is 4. The summed E-state index contributed by atoms with van der Waals surface area (Å²) >= 11 is 0. The molecule has 3 aliphatic rings. The van der Waals surface area contributed by atoms with Gasteiger partial charge in [0, 0.05) is 33.7 Å². The number of rotatable bonds is 3. The minimum absolute atomic E-state index is 0.00362. The molecule has 0 bridgehead atoms. The number of nitrogens with zero attached hydrogens (tertiary/aromatic N) is 2. The Labute approximate surface area is 353 Å². The fourth-order valence-electron chi connectivity index (χ4n) is 10.3. The molecule has 59 heavy (non-hydrogen) atoms. The summed E-state index contributed by atoms with van der Waals surface area (Å²) in [5, 5.41) is 2.81. The van der Waals surface area contributed by atoms with Gasteiger partial charge in [0.15, 0.2) is 0 Å². The van der Waals surface area contributed by atoms with Crippen molar-refractivity contribution in [2.45, 2.75) is 105 Å². The average molecular weight is 769 g/mol. The molecule has 3 heteroatoms. The van der Waals surface area contributed by atoms with Crippen molar-refractivity contribution in [2.75, 3.05) is 9.80 Å². The molecular formula is C56H57BN2. The second-order valence-electron chi connectivity index (χ2n) is 20.7. The standard InChI is InChI=1S/C56H57BN2/c1-35-30-50-53-51(31-35)59(47-29-25-39(54(2,3)4)32-43(47)36-16-12-11-13-17-36)49-34-41(56(8,9)10)24-27-45(49)57(53)44-26-23-40(55(5,6)7)33-48(44)58(50)46-28-22-38-19-14-18-37-20-15-21-42(46)52(37)38/h11-13,15-17,20-34H,14,18-19H2,1-10H3. The SMILES string of the molecule is Cc1cc2c3c(c1)N(c1ccc4c5c(cccc15)CCC4)c1cc(C(C)(C)C)ccc1B3c1ccc(C(C)(C)C)cc1N2c1ccc(C(C)(C)C)cc1-c1ccccc1. The molecule has 294 valence electrons. The van der Waals surface area contributed by atoms with Crippen LogP contribution < -0.4 is 26.2 Å². The zero-order chi connectivity index (χ0) is 41.2. The molecule has 2 nitrogen and oxygen atoms in total. The molecule has 0 amide bonds. The maximum atomic E-state index is 2.65. The van der Waals surface area contributed by atoms with Crippen molar-refractivity contribution in [1.29, 1.82) is 0 Å². The third-order valence-corrected chi connectivity index (χ3v) is 13.5. The molecule has 1 aliphatic carbocycles. The summed E-state index contributed by atoms with van der Waals surface area (Å²) in [4.78, 5) is 5.28. The van der Waals surface area contributed by atoms with Crippen molar-refractivity contribution in [3.05, 3.63) is 161 Å². The number of hydrogen-bond donors (Lipinski definition) is 0. The third-order valence-electron chi connectivity index (χ3n) is 13.5. The summed E-state index contributed by atoms with van der Waals surface area (Å²) in [6.45, 7) is 23.4. The van der Waals surface area contributed by atoms with Gasteiger partial charge in [0.1, 0.15) is 0 Å². The van der Waals surface area contributed by atoms with Crippen molar-refractivity contribution in [3.63, 3.8) is 0 Å². The highest BCUT2D eigenvalue weighted by molar-refractivity contribution is 7.00. The Morgan fingerprint density at radius 2 is 0.983 bits per heavy atom. The lowest BCUT2D eigenvalue weighted by Gasteiger charge is -2.45. The largest absolute Gasteiger partial charge is 0.311 e. The van der Waals surface area contributed by atoms with Gasteiger partial charge in [-0.2, -0.15) is 0 Å². The molecule has 7 aromatic carbocycles. The lowest BCUT2D eigenvalue weighted by Crippen LogP contribution is -2.61. The zero-order valence-electron chi connectivity index (χ0n) is 36.7. The zero-order valence-corrected chi connectivity index (χ0v) is 36.7. The monoisotopic (exact) mass is 768 g/mol. The van der Waals surface area contributed by atoms with E-state index in [-0.39, 0.29) is 23.0 Å². The van der Waals surface area contributed by atoms with E-state index >= 15 is 0 Å². The molecule has 10 rings (SSSR count). The van der Waals surface area contributed by atoms with Crippen LogP contribution in [0, 0.1) is 6.92 Å². The van der Waals surface area contributed by atoms with Crippen LogP contribution in [0.2, 0.25) is 0 Å². The van der Waals surface area contributed by atoms with Crippen LogP contribution in [0.5, 0.6) is 0 Å². The fourth-order valence-corrected chi connectivity index (χ4v) is 10.3. The van der Waals surface area contributed by atoms with Gasteiger partial charge in [0.25, 0.3) is 6.71 Å². The fraction of sp³-hybridized carbons (Fsp3) is 0.286. The van der Waals surface area contributed by atoms with E-state index in [9.17, 15) is 0 Å². The Hall–Kier alpha value is -5.54. The van der Waals surface area contributed by atoms with Crippen molar-refractivity contribution in [2.24, 2.45) is 0 Å². The lowest BCUT2D eigenvalue weighted by molar-refractivity contribution is 0.590. The van der Waals surface area contributed by atoms with Crippen molar-refractivity contribution in [3.8, 4) is 11.1 Å². The van der Waals surface area contributed by atoms with E-state index in [1.807, 2.05) is 0 Å². The van der Waals surface area contributed by atoms with Crippen LogP contribution in [0.25, 0.3) is 21.9 Å². The summed E-state index contributed by atoms with van der Waals surface area (Å²) in [5.41, 5.74) is 22.4. The van der Waals surface area contributed by atoms with Crippen LogP contribution in [0.1, 0.15) is 102 Å². The van der Waals surface area contributed by atoms with E-state index in [0.717, 1.165) is 12.8 Å². The highest BCUT2D eigenvalue weighted by Gasteiger charge is 2.45. The number of aryl methyl sites for hydroxylation is 3. The maximum Gasteiger partial charge on any atom is 0.252 e. The highest BCUT2D eigenvalue weighted by atomic mass is 15.2. The molecule has 0 fully saturated rings. The van der Waals surface area contributed by atoms with Crippen LogP contribution in [0.4, 0.5) is 34.1 Å². The van der Waals surface area contributed by atoms with E-state index in [4.69, 9.17) is 0 Å². The second kappa shape index (κ2) is 13.2. The van der Waals surface area contributed by atoms with Crippen LogP contribution in [-0.4, -0.2) is 6.71 Å². The Kier molecular flexibility index (Phi) is 8.46. The Balaban J connectivity index is 1.33. The summed E-state index contributed by atoms with van der Waals surface area (Å²) in [7, 11) is 0. The Bertz CT molecular complexity index is 2820. The van der Waals surface area contributed by atoms with Crippen LogP contribution >= 0.6 is 0 Å².